The van der Waals surface area contributed by atoms with Gasteiger partial charge in [-0.25, -0.2) is 0 Å². The Balaban J connectivity index is 1.67. The Hall–Kier alpha value is -2.54. The number of benzene rings is 1. The molecule has 1 amide bonds. The Morgan fingerprint density at radius 1 is 1.39 bits per heavy atom. The highest BCUT2D eigenvalue weighted by Gasteiger charge is 2.19. The van der Waals surface area contributed by atoms with Gasteiger partial charge >= 0.3 is 0 Å². The second-order valence-corrected chi connectivity index (χ2v) is 5.70. The minimum absolute atomic E-state index is 0.0571. The van der Waals surface area contributed by atoms with Gasteiger partial charge in [-0.15, -0.1) is 0 Å². The Bertz CT molecular complexity index is 711. The molecule has 1 aliphatic rings. The van der Waals surface area contributed by atoms with Crippen molar-refractivity contribution in [1.29, 1.82) is 0 Å². The van der Waals surface area contributed by atoms with Gasteiger partial charge in [-0.1, -0.05) is 0 Å². The van der Waals surface area contributed by atoms with Crippen molar-refractivity contribution in [2.75, 3.05) is 27.4 Å². The summed E-state index contributed by atoms with van der Waals surface area (Å²) >= 11 is 0. The van der Waals surface area contributed by atoms with Gasteiger partial charge in [0, 0.05) is 30.9 Å². The van der Waals surface area contributed by atoms with Crippen LogP contribution in [0.15, 0.2) is 30.6 Å². The molecule has 0 bridgehead atoms. The smallest absolute Gasteiger partial charge is 0.251 e. The highest BCUT2D eigenvalue weighted by molar-refractivity contribution is 5.94. The molecule has 2 heterocycles. The van der Waals surface area contributed by atoms with Gasteiger partial charge in [0.2, 0.25) is 6.79 Å². The Kier molecular flexibility index (Phi) is 4.20. The summed E-state index contributed by atoms with van der Waals surface area (Å²) in [5, 5.41) is 7.16. The number of amides is 1. The fraction of sp³-hybridized carbons (Fsp3) is 0.375. The van der Waals surface area contributed by atoms with Gasteiger partial charge in [-0.05, 0) is 32.3 Å². The number of likely N-dealkylation sites (N-methyl/N-ethyl adjacent to an activating group) is 1. The van der Waals surface area contributed by atoms with E-state index >= 15 is 0 Å². The van der Waals surface area contributed by atoms with Gasteiger partial charge < -0.3 is 19.7 Å². The normalized spacial score (nSPS) is 14.1. The first-order chi connectivity index (χ1) is 11.0. The second-order valence-electron chi connectivity index (χ2n) is 5.70. The quantitative estimate of drug-likeness (QED) is 0.897. The number of carbonyl (C=O) groups excluding carboxylic acids is 1. The molecule has 7 heteroatoms. The van der Waals surface area contributed by atoms with E-state index in [9.17, 15) is 4.79 Å². The van der Waals surface area contributed by atoms with Gasteiger partial charge in [0.25, 0.3) is 5.91 Å². The van der Waals surface area contributed by atoms with E-state index in [0.29, 0.717) is 23.6 Å². The Labute approximate surface area is 134 Å². The zero-order valence-electron chi connectivity index (χ0n) is 13.4. The summed E-state index contributed by atoms with van der Waals surface area (Å²) in [6, 6.07) is 5.24. The summed E-state index contributed by atoms with van der Waals surface area (Å²) in [6.07, 6.45) is 3.77. The minimum atomic E-state index is -0.140. The van der Waals surface area contributed by atoms with E-state index in [2.05, 4.69) is 15.3 Å². The predicted octanol–water partition coefficient (Wildman–Crippen LogP) is 1.18. The molecular formula is C16H20N4O3. The number of aryl methyl sites for hydroxylation is 1. The van der Waals surface area contributed by atoms with Crippen molar-refractivity contribution in [3.05, 3.63) is 41.7 Å². The first-order valence-corrected chi connectivity index (χ1v) is 7.37. The van der Waals surface area contributed by atoms with Gasteiger partial charge in [-0.2, -0.15) is 5.10 Å². The lowest BCUT2D eigenvalue weighted by Crippen LogP contribution is -2.34. The molecule has 23 heavy (non-hydrogen) atoms. The molecule has 1 aromatic heterocycles. The van der Waals surface area contributed by atoms with Crippen LogP contribution in [0.1, 0.15) is 22.0 Å². The van der Waals surface area contributed by atoms with Crippen LogP contribution in [0.25, 0.3) is 0 Å². The van der Waals surface area contributed by atoms with Crippen LogP contribution >= 0.6 is 0 Å². The first kappa shape index (κ1) is 15.4. The van der Waals surface area contributed by atoms with E-state index in [0.717, 1.165) is 5.56 Å². The molecule has 0 saturated heterocycles. The monoisotopic (exact) mass is 316 g/mol. The van der Waals surface area contributed by atoms with Crippen molar-refractivity contribution in [3.63, 3.8) is 0 Å². The van der Waals surface area contributed by atoms with Crippen molar-refractivity contribution in [1.82, 2.24) is 20.0 Å². The maximum absolute atomic E-state index is 12.4. The molecule has 0 spiro atoms. The summed E-state index contributed by atoms with van der Waals surface area (Å²) < 4.78 is 12.3. The predicted molar refractivity (Wildman–Crippen MR) is 84.5 cm³/mol. The molecule has 3 rings (SSSR count). The van der Waals surface area contributed by atoms with E-state index in [4.69, 9.17) is 9.47 Å². The standard InChI is InChI=1S/C16H20N4O3/c1-19(2)13(12-7-18-20(3)9-12)8-17-16(21)11-4-5-14-15(6-11)23-10-22-14/h4-7,9,13H,8,10H2,1-3H3,(H,17,21). The zero-order valence-corrected chi connectivity index (χ0v) is 13.4. The fourth-order valence-electron chi connectivity index (χ4n) is 2.54. The molecule has 1 aliphatic heterocycles. The summed E-state index contributed by atoms with van der Waals surface area (Å²) in [5.41, 5.74) is 1.61. The van der Waals surface area contributed by atoms with Gasteiger partial charge in [-0.3, -0.25) is 9.48 Å². The van der Waals surface area contributed by atoms with Gasteiger partial charge in [0.15, 0.2) is 11.5 Å². The third kappa shape index (κ3) is 3.29. The SMILES string of the molecule is CN(C)C(CNC(=O)c1ccc2c(c1)OCO2)c1cnn(C)c1. The number of hydrogen-bond donors (Lipinski definition) is 1. The average Bonchev–Trinajstić information content (AvgIpc) is 3.15. The first-order valence-electron chi connectivity index (χ1n) is 7.37. The number of hydrogen-bond acceptors (Lipinski definition) is 5. The van der Waals surface area contributed by atoms with Crippen molar-refractivity contribution >= 4 is 5.91 Å². The van der Waals surface area contributed by atoms with E-state index in [1.807, 2.05) is 33.5 Å². The molecule has 1 N–H and O–H groups in total. The zero-order chi connectivity index (χ0) is 16.4. The second kappa shape index (κ2) is 6.29. The molecule has 0 fully saturated rings. The lowest BCUT2D eigenvalue weighted by Gasteiger charge is -2.23. The third-order valence-electron chi connectivity index (χ3n) is 3.82. The lowest BCUT2D eigenvalue weighted by atomic mass is 10.1. The molecule has 2 aromatic rings. The summed E-state index contributed by atoms with van der Waals surface area (Å²) in [5.74, 6) is 1.14. The molecule has 0 radical (unpaired) electrons. The maximum atomic E-state index is 12.4. The molecule has 1 atom stereocenters. The number of aromatic nitrogens is 2. The van der Waals surface area contributed by atoms with Crippen LogP contribution in [0.2, 0.25) is 0 Å². The van der Waals surface area contributed by atoms with E-state index in [1.54, 1.807) is 22.9 Å². The van der Waals surface area contributed by atoms with E-state index in [1.165, 1.54) is 0 Å². The van der Waals surface area contributed by atoms with Crippen molar-refractivity contribution in [2.45, 2.75) is 6.04 Å². The van der Waals surface area contributed by atoms with E-state index in [-0.39, 0.29) is 18.7 Å². The van der Waals surface area contributed by atoms with Crippen LogP contribution in [0.5, 0.6) is 11.5 Å². The van der Waals surface area contributed by atoms with Crippen LogP contribution in [0.3, 0.4) is 0 Å². The summed E-state index contributed by atoms with van der Waals surface area (Å²) in [4.78, 5) is 14.4. The third-order valence-corrected chi connectivity index (χ3v) is 3.82. The molecule has 1 unspecified atom stereocenters. The van der Waals surface area contributed by atoms with Crippen molar-refractivity contribution in [2.24, 2.45) is 7.05 Å². The number of carbonyl (C=O) groups is 1. The number of ether oxygens (including phenoxy) is 2. The van der Waals surface area contributed by atoms with Crippen LogP contribution in [0, 0.1) is 0 Å². The van der Waals surface area contributed by atoms with Crippen LogP contribution in [-0.4, -0.2) is 48.0 Å². The number of fused-ring (bicyclic) bond motifs is 1. The maximum Gasteiger partial charge on any atom is 0.251 e. The van der Waals surface area contributed by atoms with E-state index < -0.39 is 0 Å². The number of nitrogens with one attached hydrogen (secondary N) is 1. The topological polar surface area (TPSA) is 68.6 Å². The highest BCUT2D eigenvalue weighted by atomic mass is 16.7. The minimum Gasteiger partial charge on any atom is -0.454 e. The van der Waals surface area contributed by atoms with Crippen molar-refractivity contribution < 1.29 is 14.3 Å². The van der Waals surface area contributed by atoms with Gasteiger partial charge in [0.1, 0.15) is 0 Å². The van der Waals surface area contributed by atoms with Crippen LogP contribution in [0.4, 0.5) is 0 Å². The molecule has 7 nitrogen and oxygen atoms in total. The Morgan fingerprint density at radius 2 is 2.17 bits per heavy atom. The summed E-state index contributed by atoms with van der Waals surface area (Å²) in [7, 11) is 5.83. The molecule has 1 aromatic carbocycles. The number of nitrogens with zero attached hydrogens (tertiary/aromatic N) is 3. The summed E-state index contributed by atoms with van der Waals surface area (Å²) in [6.45, 7) is 0.691. The largest absolute Gasteiger partial charge is 0.454 e. The molecule has 122 valence electrons. The molecule has 0 saturated carbocycles. The van der Waals surface area contributed by atoms with Crippen LogP contribution < -0.4 is 14.8 Å². The average molecular weight is 316 g/mol. The van der Waals surface area contributed by atoms with Gasteiger partial charge in [0.05, 0.1) is 12.2 Å². The lowest BCUT2D eigenvalue weighted by molar-refractivity contribution is 0.0941. The molecular weight excluding hydrogens is 296 g/mol. The van der Waals surface area contributed by atoms with Crippen LogP contribution in [-0.2, 0) is 7.05 Å². The fourth-order valence-corrected chi connectivity index (χ4v) is 2.54. The molecule has 0 aliphatic carbocycles. The van der Waals surface area contributed by atoms with Crippen molar-refractivity contribution in [3.8, 4) is 11.5 Å². The highest BCUT2D eigenvalue weighted by Crippen LogP contribution is 2.32. The number of rotatable bonds is 5. The Morgan fingerprint density at radius 3 is 2.87 bits per heavy atom.